The summed E-state index contributed by atoms with van der Waals surface area (Å²) in [7, 11) is 0. The zero-order valence-electron chi connectivity index (χ0n) is 31.6. The molecule has 4 aromatic heterocycles. The highest BCUT2D eigenvalue weighted by Crippen LogP contribution is 2.46. The lowest BCUT2D eigenvalue weighted by atomic mass is 9.95. The molecule has 13 rings (SSSR count). The normalized spacial score (nSPS) is 12.1. The molecule has 274 valence electrons. The largest absolute Gasteiger partial charge is 0.454 e. The minimum Gasteiger partial charge on any atom is -0.454 e. The van der Waals surface area contributed by atoms with Crippen molar-refractivity contribution in [2.45, 2.75) is 0 Å². The average molecular weight is 770 g/mol. The number of thiophene rings is 1. The number of benzene rings is 9. The molecule has 13 aromatic rings. The molecule has 0 aliphatic heterocycles. The van der Waals surface area contributed by atoms with Crippen LogP contribution in [0.5, 0.6) is 0 Å². The van der Waals surface area contributed by atoms with E-state index in [1.54, 1.807) is 11.3 Å². The van der Waals surface area contributed by atoms with Gasteiger partial charge in [0.1, 0.15) is 5.58 Å². The summed E-state index contributed by atoms with van der Waals surface area (Å²) in [5.41, 5.74) is 11.3. The summed E-state index contributed by atoms with van der Waals surface area (Å²) in [6, 6.07) is 67.1. The Bertz CT molecular complexity index is 3860. The monoisotopic (exact) mass is 769 g/mol. The molecule has 0 unspecified atom stereocenters. The van der Waals surface area contributed by atoms with E-state index >= 15 is 0 Å². The van der Waals surface area contributed by atoms with Crippen LogP contribution in [0.25, 0.3) is 125 Å². The van der Waals surface area contributed by atoms with Crippen LogP contribution in [0.2, 0.25) is 0 Å². The lowest BCUT2D eigenvalue weighted by Crippen LogP contribution is -1.96. The lowest BCUT2D eigenvalue weighted by Gasteiger charge is -2.13. The van der Waals surface area contributed by atoms with Crippen molar-refractivity contribution in [3.63, 3.8) is 0 Å². The van der Waals surface area contributed by atoms with Crippen LogP contribution in [-0.2, 0) is 0 Å². The number of aromatic nitrogens is 3. The van der Waals surface area contributed by atoms with Crippen molar-refractivity contribution in [2.75, 3.05) is 0 Å². The van der Waals surface area contributed by atoms with Gasteiger partial charge in [0, 0.05) is 48.1 Å². The number of rotatable bonds is 4. The second-order valence-electron chi connectivity index (χ2n) is 15.3. The topological polar surface area (TPSA) is 43.9 Å². The molecule has 0 N–H and O–H groups in total. The molecule has 0 saturated carbocycles. The molecule has 0 radical (unpaired) electrons. The lowest BCUT2D eigenvalue weighted by molar-refractivity contribution is 0.666. The van der Waals surface area contributed by atoms with Crippen molar-refractivity contribution in [3.05, 3.63) is 188 Å². The Morgan fingerprint density at radius 3 is 2.10 bits per heavy atom. The standard InChI is InChI=1S/C54H31N3OS/c1-2-15-33(16-3-1)42-31-43-37-19-8-10-24-44(37)57(51(43)38-20-7-6-18-36(38)42)45-25-12-22-40-48-41(23-13-26-46(48)58-52(40)45)54-55-49(35-29-28-32-14-4-5-17-34(32)30-35)53-50(56-54)39-21-9-11-27-47(39)59-53/h1-31H. The summed E-state index contributed by atoms with van der Waals surface area (Å²) in [6.45, 7) is 0. The Balaban J connectivity index is 1.09. The second kappa shape index (κ2) is 12.4. The Morgan fingerprint density at radius 1 is 0.475 bits per heavy atom. The highest BCUT2D eigenvalue weighted by molar-refractivity contribution is 7.26. The molecular weight excluding hydrogens is 739 g/mol. The van der Waals surface area contributed by atoms with E-state index in [0.717, 1.165) is 71.1 Å². The Labute approximate surface area is 341 Å². The van der Waals surface area contributed by atoms with Crippen LogP contribution in [0.3, 0.4) is 0 Å². The van der Waals surface area contributed by atoms with E-state index in [0.29, 0.717) is 5.82 Å². The van der Waals surface area contributed by atoms with E-state index in [-0.39, 0.29) is 0 Å². The fraction of sp³-hybridized carbons (Fsp3) is 0. The molecule has 59 heavy (non-hydrogen) atoms. The Morgan fingerprint density at radius 2 is 1.20 bits per heavy atom. The maximum atomic E-state index is 7.00. The van der Waals surface area contributed by atoms with E-state index in [1.165, 1.54) is 48.1 Å². The average Bonchev–Trinajstić information content (AvgIpc) is 3.98. The number of furan rings is 1. The van der Waals surface area contributed by atoms with Gasteiger partial charge >= 0.3 is 0 Å². The SMILES string of the molecule is c1ccc(-c2cc3c4ccccc4n(-c4cccc5c4oc4cccc(-c6nc(-c7ccc8ccccc8c7)c7sc8ccccc8c7n6)c45)c3c3ccccc23)cc1. The second-order valence-corrected chi connectivity index (χ2v) is 16.3. The first kappa shape index (κ1) is 32.5. The van der Waals surface area contributed by atoms with Crippen molar-refractivity contribution in [3.8, 4) is 39.5 Å². The highest BCUT2D eigenvalue weighted by Gasteiger charge is 2.24. The fourth-order valence-corrected chi connectivity index (χ4v) is 10.5. The summed E-state index contributed by atoms with van der Waals surface area (Å²) in [6.07, 6.45) is 0. The minimum atomic E-state index is 0.680. The Hall–Kier alpha value is -7.60. The smallest absolute Gasteiger partial charge is 0.161 e. The molecule has 5 heteroatoms. The van der Waals surface area contributed by atoms with Gasteiger partial charge in [-0.25, -0.2) is 9.97 Å². The van der Waals surface area contributed by atoms with Crippen LogP contribution >= 0.6 is 11.3 Å². The van der Waals surface area contributed by atoms with Gasteiger partial charge in [0.15, 0.2) is 11.4 Å². The van der Waals surface area contributed by atoms with Gasteiger partial charge < -0.3 is 8.98 Å². The molecule has 0 amide bonds. The van der Waals surface area contributed by atoms with Gasteiger partial charge in [-0.05, 0) is 63.7 Å². The molecule has 0 spiro atoms. The molecule has 0 fully saturated rings. The van der Waals surface area contributed by atoms with Crippen LogP contribution in [0.15, 0.2) is 192 Å². The number of fused-ring (bicyclic) bond motifs is 12. The zero-order chi connectivity index (χ0) is 38.6. The molecule has 0 aliphatic rings. The van der Waals surface area contributed by atoms with Crippen molar-refractivity contribution >= 4 is 96.9 Å². The number of nitrogens with zero attached hydrogens (tertiary/aromatic N) is 3. The predicted octanol–water partition coefficient (Wildman–Crippen LogP) is 15.1. The van der Waals surface area contributed by atoms with Crippen molar-refractivity contribution in [2.24, 2.45) is 0 Å². The molecule has 0 saturated heterocycles. The third-order valence-electron chi connectivity index (χ3n) is 12.0. The predicted molar refractivity (Wildman–Crippen MR) is 248 cm³/mol. The van der Waals surface area contributed by atoms with Crippen LogP contribution in [0.4, 0.5) is 0 Å². The number of hydrogen-bond acceptors (Lipinski definition) is 4. The van der Waals surface area contributed by atoms with Crippen LogP contribution < -0.4 is 0 Å². The molecule has 0 atom stereocenters. The molecule has 0 bridgehead atoms. The summed E-state index contributed by atoms with van der Waals surface area (Å²) in [5.74, 6) is 0.680. The van der Waals surface area contributed by atoms with Gasteiger partial charge in [-0.1, -0.05) is 152 Å². The van der Waals surface area contributed by atoms with Gasteiger partial charge in [0.05, 0.1) is 32.6 Å². The van der Waals surface area contributed by atoms with E-state index in [9.17, 15) is 0 Å². The van der Waals surface area contributed by atoms with E-state index in [1.807, 2.05) is 0 Å². The van der Waals surface area contributed by atoms with Gasteiger partial charge in [-0.2, -0.15) is 0 Å². The molecule has 4 nitrogen and oxygen atoms in total. The van der Waals surface area contributed by atoms with E-state index < -0.39 is 0 Å². The van der Waals surface area contributed by atoms with Crippen molar-refractivity contribution in [1.29, 1.82) is 0 Å². The molecular formula is C54H31N3OS. The summed E-state index contributed by atoms with van der Waals surface area (Å²) < 4.78 is 11.7. The van der Waals surface area contributed by atoms with E-state index in [4.69, 9.17) is 14.4 Å². The summed E-state index contributed by atoms with van der Waals surface area (Å²) in [4.78, 5) is 10.8. The molecule has 4 heterocycles. The first-order valence-corrected chi connectivity index (χ1v) is 20.7. The number of para-hydroxylation sites is 2. The van der Waals surface area contributed by atoms with Gasteiger partial charge in [0.2, 0.25) is 0 Å². The highest BCUT2D eigenvalue weighted by atomic mass is 32.1. The maximum absolute atomic E-state index is 7.00. The summed E-state index contributed by atoms with van der Waals surface area (Å²) >= 11 is 1.76. The van der Waals surface area contributed by atoms with Gasteiger partial charge in [-0.3, -0.25) is 0 Å². The number of hydrogen-bond donors (Lipinski definition) is 0. The van der Waals surface area contributed by atoms with Gasteiger partial charge in [-0.15, -0.1) is 11.3 Å². The fourth-order valence-electron chi connectivity index (χ4n) is 9.37. The first-order valence-electron chi connectivity index (χ1n) is 19.9. The third-order valence-corrected chi connectivity index (χ3v) is 13.2. The minimum absolute atomic E-state index is 0.680. The first-order chi connectivity index (χ1) is 29.3. The zero-order valence-corrected chi connectivity index (χ0v) is 32.4. The van der Waals surface area contributed by atoms with Crippen molar-refractivity contribution < 1.29 is 4.42 Å². The van der Waals surface area contributed by atoms with Crippen LogP contribution in [-0.4, -0.2) is 14.5 Å². The van der Waals surface area contributed by atoms with E-state index in [2.05, 4.69) is 193 Å². The van der Waals surface area contributed by atoms with Crippen LogP contribution in [0.1, 0.15) is 0 Å². The van der Waals surface area contributed by atoms with Gasteiger partial charge in [0.25, 0.3) is 0 Å². The Kier molecular flexibility index (Phi) is 6.85. The third kappa shape index (κ3) is 4.77. The molecule has 0 aliphatic carbocycles. The van der Waals surface area contributed by atoms with Crippen molar-refractivity contribution in [1.82, 2.24) is 14.5 Å². The summed E-state index contributed by atoms with van der Waals surface area (Å²) in [5, 5.41) is 10.4. The van der Waals surface area contributed by atoms with Crippen LogP contribution in [0, 0.1) is 0 Å². The molecule has 9 aromatic carbocycles. The quantitative estimate of drug-likeness (QED) is 0.179. The maximum Gasteiger partial charge on any atom is 0.161 e.